The zero-order valence-corrected chi connectivity index (χ0v) is 13.0. The minimum absolute atomic E-state index is 0.214. The maximum atomic E-state index is 12.5. The van der Waals surface area contributed by atoms with Crippen LogP contribution in [0.15, 0.2) is 4.47 Å². The number of fused-ring (bicyclic) bond motifs is 2. The molecule has 0 aliphatic carbocycles. The van der Waals surface area contributed by atoms with Crippen LogP contribution in [0.5, 0.6) is 0 Å². The monoisotopic (exact) mass is 325 g/mol. The topological polar surface area (TPSA) is 46.9 Å². The van der Waals surface area contributed by atoms with Crippen molar-refractivity contribution in [3.05, 3.63) is 15.9 Å². The number of halogens is 1. The van der Waals surface area contributed by atoms with Crippen LogP contribution >= 0.6 is 15.9 Å². The summed E-state index contributed by atoms with van der Waals surface area (Å²) in [6.07, 6.45) is 3.93. The second kappa shape index (κ2) is 5.02. The van der Waals surface area contributed by atoms with Gasteiger partial charge < -0.3 is 5.32 Å². The molecule has 1 N–H and O–H groups in total. The van der Waals surface area contributed by atoms with Crippen LogP contribution in [0.3, 0.4) is 0 Å². The molecule has 3 heterocycles. The number of nitrogens with zero attached hydrogens (tertiary/aromatic N) is 2. The number of carbonyl (C=O) groups is 1. The van der Waals surface area contributed by atoms with Crippen LogP contribution in [0.4, 0.5) is 0 Å². The van der Waals surface area contributed by atoms with Crippen LogP contribution in [0, 0.1) is 12.8 Å². The Morgan fingerprint density at radius 3 is 2.89 bits per heavy atom. The van der Waals surface area contributed by atoms with E-state index in [1.54, 1.807) is 0 Å². The first-order valence-corrected chi connectivity index (χ1v) is 7.90. The number of hydrogen-bond acceptors (Lipinski definition) is 3. The summed E-state index contributed by atoms with van der Waals surface area (Å²) in [5.41, 5.74) is 2.00. The minimum Gasteiger partial charge on any atom is -0.310 e. The summed E-state index contributed by atoms with van der Waals surface area (Å²) < 4.78 is 2.94. The molecule has 19 heavy (non-hydrogen) atoms. The molecule has 3 unspecified atom stereocenters. The lowest BCUT2D eigenvalue weighted by Gasteiger charge is -2.19. The summed E-state index contributed by atoms with van der Waals surface area (Å²) in [4.78, 5) is 12.5. The van der Waals surface area contributed by atoms with Crippen molar-refractivity contribution in [1.82, 2.24) is 15.1 Å². The van der Waals surface area contributed by atoms with Crippen LogP contribution in [0.25, 0.3) is 0 Å². The number of aromatic nitrogens is 2. The number of rotatable bonds is 4. The number of hydrogen-bond donors (Lipinski definition) is 1. The number of nitrogens with one attached hydrogen (secondary N) is 1. The maximum Gasteiger partial charge on any atom is 0.143 e. The minimum atomic E-state index is 0.214. The lowest BCUT2D eigenvalue weighted by atomic mass is 9.84. The van der Waals surface area contributed by atoms with Gasteiger partial charge in [-0.05, 0) is 49.0 Å². The molecule has 3 atom stereocenters. The van der Waals surface area contributed by atoms with Crippen LogP contribution < -0.4 is 5.32 Å². The molecular formula is C14H20BrN3O. The average Bonchev–Trinajstić information content (AvgIpc) is 3.08. The van der Waals surface area contributed by atoms with Gasteiger partial charge in [0.05, 0.1) is 15.9 Å². The molecule has 2 aliphatic heterocycles. The Hall–Kier alpha value is -0.680. The first kappa shape index (κ1) is 13.3. The van der Waals surface area contributed by atoms with Gasteiger partial charge in [-0.15, -0.1) is 0 Å². The van der Waals surface area contributed by atoms with E-state index < -0.39 is 0 Å². The predicted molar refractivity (Wildman–Crippen MR) is 77.1 cm³/mol. The third-order valence-electron chi connectivity index (χ3n) is 4.51. The van der Waals surface area contributed by atoms with Crippen molar-refractivity contribution < 1.29 is 4.79 Å². The molecule has 2 saturated heterocycles. The van der Waals surface area contributed by atoms with Gasteiger partial charge in [0, 0.05) is 31.0 Å². The van der Waals surface area contributed by atoms with Crippen molar-refractivity contribution in [3.63, 3.8) is 0 Å². The maximum absolute atomic E-state index is 12.5. The highest BCUT2D eigenvalue weighted by Gasteiger charge is 2.42. The Morgan fingerprint density at radius 2 is 2.32 bits per heavy atom. The molecule has 0 amide bonds. The Balaban J connectivity index is 1.76. The largest absolute Gasteiger partial charge is 0.310 e. The van der Waals surface area contributed by atoms with Crippen LogP contribution in [-0.4, -0.2) is 27.6 Å². The predicted octanol–water partition coefficient (Wildman–Crippen LogP) is 2.23. The summed E-state index contributed by atoms with van der Waals surface area (Å²) in [6, 6.07) is 1.01. The number of ketones is 1. The van der Waals surface area contributed by atoms with Gasteiger partial charge in [0.1, 0.15) is 5.78 Å². The molecule has 5 heteroatoms. The van der Waals surface area contributed by atoms with Crippen molar-refractivity contribution in [3.8, 4) is 0 Å². The first-order chi connectivity index (χ1) is 9.10. The van der Waals surface area contributed by atoms with E-state index in [2.05, 4.69) is 33.3 Å². The second-order valence-electron chi connectivity index (χ2n) is 5.69. The van der Waals surface area contributed by atoms with Crippen molar-refractivity contribution in [1.29, 1.82) is 0 Å². The molecule has 0 saturated carbocycles. The smallest absolute Gasteiger partial charge is 0.143 e. The molecule has 2 fully saturated rings. The molecule has 1 aromatic heterocycles. The number of Topliss-reactive ketones (excluding diaryl/α,β-unsaturated/α-hetero) is 1. The van der Waals surface area contributed by atoms with Crippen LogP contribution in [0.1, 0.15) is 37.6 Å². The molecule has 2 bridgehead atoms. The molecule has 4 nitrogen and oxygen atoms in total. The van der Waals surface area contributed by atoms with Crippen molar-refractivity contribution in [2.75, 3.05) is 0 Å². The summed E-state index contributed by atoms with van der Waals surface area (Å²) >= 11 is 3.57. The van der Waals surface area contributed by atoms with E-state index in [1.807, 2.05) is 11.6 Å². The Labute approximate surface area is 122 Å². The average molecular weight is 326 g/mol. The van der Waals surface area contributed by atoms with E-state index >= 15 is 0 Å². The Kier molecular flexibility index (Phi) is 3.52. The molecule has 2 aliphatic rings. The van der Waals surface area contributed by atoms with E-state index in [4.69, 9.17) is 0 Å². The number of carbonyl (C=O) groups excluding carboxylic acids is 1. The molecule has 1 aromatic rings. The van der Waals surface area contributed by atoms with E-state index in [9.17, 15) is 4.79 Å². The lowest BCUT2D eigenvalue weighted by molar-refractivity contribution is -0.122. The first-order valence-electron chi connectivity index (χ1n) is 7.10. The van der Waals surface area contributed by atoms with E-state index in [0.29, 0.717) is 24.3 Å². The number of aryl methyl sites for hydroxylation is 2. The molecule has 0 radical (unpaired) electrons. The summed E-state index contributed by atoms with van der Waals surface area (Å²) in [6.45, 7) is 4.85. The van der Waals surface area contributed by atoms with Gasteiger partial charge in [-0.1, -0.05) is 0 Å². The SMILES string of the molecule is CCn1nc(C)c(Br)c1CC(=O)C1CC2CCC1N2. The Morgan fingerprint density at radius 1 is 1.53 bits per heavy atom. The van der Waals surface area contributed by atoms with Gasteiger partial charge in [-0.3, -0.25) is 9.48 Å². The molecular weight excluding hydrogens is 306 g/mol. The fourth-order valence-electron chi connectivity index (χ4n) is 3.51. The van der Waals surface area contributed by atoms with Gasteiger partial charge >= 0.3 is 0 Å². The molecule has 104 valence electrons. The normalized spacial score (nSPS) is 29.1. The Bertz CT molecular complexity index is 511. The zero-order valence-electron chi connectivity index (χ0n) is 11.4. The van der Waals surface area contributed by atoms with E-state index in [1.165, 1.54) is 6.42 Å². The molecule has 0 aromatic carbocycles. The van der Waals surface area contributed by atoms with Crippen molar-refractivity contribution >= 4 is 21.7 Å². The van der Waals surface area contributed by atoms with E-state index in [0.717, 1.165) is 35.2 Å². The van der Waals surface area contributed by atoms with Crippen LogP contribution in [-0.2, 0) is 17.8 Å². The molecule has 0 spiro atoms. The van der Waals surface area contributed by atoms with Gasteiger partial charge in [-0.25, -0.2) is 0 Å². The summed E-state index contributed by atoms with van der Waals surface area (Å²) in [5.74, 6) is 0.584. The quantitative estimate of drug-likeness (QED) is 0.923. The van der Waals surface area contributed by atoms with Gasteiger partial charge in [0.15, 0.2) is 0 Å². The third-order valence-corrected chi connectivity index (χ3v) is 5.54. The van der Waals surface area contributed by atoms with Crippen molar-refractivity contribution in [2.45, 2.75) is 58.2 Å². The van der Waals surface area contributed by atoms with Gasteiger partial charge in [0.2, 0.25) is 0 Å². The highest BCUT2D eigenvalue weighted by Crippen LogP contribution is 2.35. The summed E-state index contributed by atoms with van der Waals surface area (Å²) in [5, 5.41) is 8.00. The highest BCUT2D eigenvalue weighted by molar-refractivity contribution is 9.10. The standard InChI is InChI=1S/C14H20BrN3O/c1-3-18-12(14(15)8(2)17-18)7-13(19)10-6-9-4-5-11(10)16-9/h9-11,16H,3-7H2,1-2H3. The van der Waals surface area contributed by atoms with Gasteiger partial charge in [-0.2, -0.15) is 5.10 Å². The third kappa shape index (κ3) is 2.27. The van der Waals surface area contributed by atoms with Gasteiger partial charge in [0.25, 0.3) is 0 Å². The fraction of sp³-hybridized carbons (Fsp3) is 0.714. The summed E-state index contributed by atoms with van der Waals surface area (Å²) in [7, 11) is 0. The molecule has 3 rings (SSSR count). The second-order valence-corrected chi connectivity index (χ2v) is 6.49. The zero-order chi connectivity index (χ0) is 13.6. The lowest BCUT2D eigenvalue weighted by Crippen LogP contribution is -2.30. The van der Waals surface area contributed by atoms with Crippen molar-refractivity contribution in [2.24, 2.45) is 5.92 Å². The van der Waals surface area contributed by atoms with E-state index in [-0.39, 0.29) is 5.92 Å². The fourth-order valence-corrected chi connectivity index (χ4v) is 3.94. The van der Waals surface area contributed by atoms with Crippen LogP contribution in [0.2, 0.25) is 0 Å². The highest BCUT2D eigenvalue weighted by atomic mass is 79.9.